The van der Waals surface area contributed by atoms with Gasteiger partial charge in [0.25, 0.3) is 0 Å². The van der Waals surface area contributed by atoms with Crippen molar-refractivity contribution in [1.82, 2.24) is 5.32 Å². The SMILES string of the molecule is CCCNCC(C)(CCS(=O)(=O)CCC)C1CC1. The molecule has 1 saturated carbocycles. The molecule has 0 saturated heterocycles. The van der Waals surface area contributed by atoms with Crippen molar-refractivity contribution in [3.05, 3.63) is 0 Å². The highest BCUT2D eigenvalue weighted by Crippen LogP contribution is 2.47. The van der Waals surface area contributed by atoms with E-state index in [2.05, 4.69) is 19.2 Å². The van der Waals surface area contributed by atoms with Crippen LogP contribution < -0.4 is 5.32 Å². The van der Waals surface area contributed by atoms with E-state index in [9.17, 15) is 8.42 Å². The molecule has 1 fully saturated rings. The highest BCUT2D eigenvalue weighted by Gasteiger charge is 2.41. The third-order valence-corrected chi connectivity index (χ3v) is 5.87. The summed E-state index contributed by atoms with van der Waals surface area (Å²) in [5, 5.41) is 3.47. The molecule has 1 aliphatic rings. The monoisotopic (exact) mass is 275 g/mol. The van der Waals surface area contributed by atoms with Crippen molar-refractivity contribution in [2.45, 2.75) is 52.9 Å². The molecule has 4 heteroatoms. The van der Waals surface area contributed by atoms with Crippen LogP contribution in [0.4, 0.5) is 0 Å². The van der Waals surface area contributed by atoms with Crippen LogP contribution in [0.15, 0.2) is 0 Å². The number of nitrogens with one attached hydrogen (secondary N) is 1. The first kappa shape index (κ1) is 16.0. The molecule has 3 nitrogen and oxygen atoms in total. The first-order valence-electron chi connectivity index (χ1n) is 7.34. The van der Waals surface area contributed by atoms with Crippen molar-refractivity contribution >= 4 is 9.84 Å². The molecule has 0 aromatic heterocycles. The zero-order chi connectivity index (χ0) is 13.6. The molecular formula is C14H29NO2S. The summed E-state index contributed by atoms with van der Waals surface area (Å²) in [6, 6.07) is 0. The molecule has 1 atom stereocenters. The molecule has 0 heterocycles. The fraction of sp³-hybridized carbons (Fsp3) is 1.00. The molecule has 0 radical (unpaired) electrons. The van der Waals surface area contributed by atoms with Crippen molar-refractivity contribution in [1.29, 1.82) is 0 Å². The molecule has 1 rings (SSSR count). The quantitative estimate of drug-likeness (QED) is 0.623. The predicted molar refractivity (Wildman–Crippen MR) is 77.6 cm³/mol. The second kappa shape index (κ2) is 6.90. The molecule has 0 aromatic rings. The van der Waals surface area contributed by atoms with Crippen LogP contribution >= 0.6 is 0 Å². The van der Waals surface area contributed by atoms with Gasteiger partial charge in [0.1, 0.15) is 9.84 Å². The Bertz CT molecular complexity index is 336. The molecule has 1 unspecified atom stereocenters. The topological polar surface area (TPSA) is 46.2 Å². The van der Waals surface area contributed by atoms with E-state index in [4.69, 9.17) is 0 Å². The molecule has 0 amide bonds. The van der Waals surface area contributed by atoms with Gasteiger partial charge < -0.3 is 5.32 Å². The van der Waals surface area contributed by atoms with Crippen molar-refractivity contribution in [3.63, 3.8) is 0 Å². The zero-order valence-electron chi connectivity index (χ0n) is 12.2. The van der Waals surface area contributed by atoms with E-state index in [1.54, 1.807) is 0 Å². The lowest BCUT2D eigenvalue weighted by Gasteiger charge is -2.30. The van der Waals surface area contributed by atoms with Gasteiger partial charge in [-0.1, -0.05) is 20.8 Å². The van der Waals surface area contributed by atoms with Crippen LogP contribution in [-0.2, 0) is 9.84 Å². The van der Waals surface area contributed by atoms with E-state index in [1.165, 1.54) is 12.8 Å². The van der Waals surface area contributed by atoms with E-state index < -0.39 is 9.84 Å². The third kappa shape index (κ3) is 5.27. The summed E-state index contributed by atoms with van der Waals surface area (Å²) in [5.41, 5.74) is 0.177. The van der Waals surface area contributed by atoms with Crippen LogP contribution in [-0.4, -0.2) is 33.0 Å². The van der Waals surface area contributed by atoms with Gasteiger partial charge in [0.15, 0.2) is 0 Å². The smallest absolute Gasteiger partial charge is 0.150 e. The van der Waals surface area contributed by atoms with Gasteiger partial charge in [-0.05, 0) is 50.0 Å². The van der Waals surface area contributed by atoms with Gasteiger partial charge in [0.05, 0.1) is 5.75 Å². The summed E-state index contributed by atoms with van der Waals surface area (Å²) in [6.07, 6.45) is 5.23. The number of hydrogen-bond donors (Lipinski definition) is 1. The molecule has 108 valence electrons. The Labute approximate surface area is 113 Å². The maximum Gasteiger partial charge on any atom is 0.150 e. The van der Waals surface area contributed by atoms with Crippen molar-refractivity contribution < 1.29 is 8.42 Å². The van der Waals surface area contributed by atoms with Gasteiger partial charge in [-0.15, -0.1) is 0 Å². The average molecular weight is 275 g/mol. The first-order chi connectivity index (χ1) is 8.43. The van der Waals surface area contributed by atoms with E-state index in [0.29, 0.717) is 11.5 Å². The van der Waals surface area contributed by atoms with Crippen LogP contribution in [0.2, 0.25) is 0 Å². The first-order valence-corrected chi connectivity index (χ1v) is 9.17. The summed E-state index contributed by atoms with van der Waals surface area (Å²) < 4.78 is 23.7. The second-order valence-electron chi connectivity index (χ2n) is 6.01. The van der Waals surface area contributed by atoms with Crippen LogP contribution in [0.3, 0.4) is 0 Å². The van der Waals surface area contributed by atoms with Gasteiger partial charge in [-0.3, -0.25) is 0 Å². The van der Waals surface area contributed by atoms with Gasteiger partial charge in [0.2, 0.25) is 0 Å². The van der Waals surface area contributed by atoms with Crippen molar-refractivity contribution in [2.75, 3.05) is 24.6 Å². The highest BCUT2D eigenvalue weighted by atomic mass is 32.2. The molecule has 0 spiro atoms. The van der Waals surface area contributed by atoms with Gasteiger partial charge in [-0.25, -0.2) is 8.42 Å². The maximum atomic E-state index is 11.8. The van der Waals surface area contributed by atoms with Crippen LogP contribution in [0.1, 0.15) is 52.9 Å². The minimum Gasteiger partial charge on any atom is -0.316 e. The molecule has 1 aliphatic carbocycles. The van der Waals surface area contributed by atoms with Gasteiger partial charge in [0, 0.05) is 12.3 Å². The number of rotatable bonds is 10. The summed E-state index contributed by atoms with van der Waals surface area (Å²) in [4.78, 5) is 0. The minimum absolute atomic E-state index is 0.177. The number of hydrogen-bond acceptors (Lipinski definition) is 3. The Morgan fingerprint density at radius 2 is 1.83 bits per heavy atom. The lowest BCUT2D eigenvalue weighted by Crippen LogP contribution is -2.36. The lowest BCUT2D eigenvalue weighted by molar-refractivity contribution is 0.249. The van der Waals surface area contributed by atoms with Crippen molar-refractivity contribution in [2.24, 2.45) is 11.3 Å². The third-order valence-electron chi connectivity index (χ3n) is 4.02. The standard InChI is InChI=1S/C14H29NO2S/c1-4-9-15-12-14(3,13-6-7-13)8-11-18(16,17)10-5-2/h13,15H,4-12H2,1-3H3. The molecule has 0 aliphatic heterocycles. The fourth-order valence-electron chi connectivity index (χ4n) is 2.57. The van der Waals surface area contributed by atoms with E-state index in [0.717, 1.165) is 38.3 Å². The Morgan fingerprint density at radius 3 is 2.33 bits per heavy atom. The van der Waals surface area contributed by atoms with Crippen molar-refractivity contribution in [3.8, 4) is 0 Å². The lowest BCUT2D eigenvalue weighted by atomic mass is 9.82. The summed E-state index contributed by atoms with van der Waals surface area (Å²) >= 11 is 0. The maximum absolute atomic E-state index is 11.8. The Morgan fingerprint density at radius 1 is 1.17 bits per heavy atom. The van der Waals surface area contributed by atoms with Gasteiger partial charge in [-0.2, -0.15) is 0 Å². The minimum atomic E-state index is -2.83. The van der Waals surface area contributed by atoms with E-state index >= 15 is 0 Å². The largest absolute Gasteiger partial charge is 0.316 e. The van der Waals surface area contributed by atoms with Gasteiger partial charge >= 0.3 is 0 Å². The molecule has 0 aromatic carbocycles. The van der Waals surface area contributed by atoms with Crippen LogP contribution in [0, 0.1) is 11.3 Å². The summed E-state index contributed by atoms with van der Waals surface area (Å²) in [7, 11) is -2.83. The summed E-state index contributed by atoms with van der Waals surface area (Å²) in [6.45, 7) is 8.35. The Kier molecular flexibility index (Phi) is 6.12. The molecule has 1 N–H and O–H groups in total. The van der Waals surface area contributed by atoms with E-state index in [-0.39, 0.29) is 5.41 Å². The van der Waals surface area contributed by atoms with Crippen LogP contribution in [0.5, 0.6) is 0 Å². The Hall–Kier alpha value is -0.0900. The van der Waals surface area contributed by atoms with Crippen LogP contribution in [0.25, 0.3) is 0 Å². The predicted octanol–water partition coefficient (Wildman–Crippen LogP) is 2.62. The molecule has 0 bridgehead atoms. The molecule has 18 heavy (non-hydrogen) atoms. The average Bonchev–Trinajstić information content (AvgIpc) is 3.11. The number of sulfone groups is 1. The highest BCUT2D eigenvalue weighted by molar-refractivity contribution is 7.91. The molecular weight excluding hydrogens is 246 g/mol. The fourth-order valence-corrected chi connectivity index (χ4v) is 4.17. The zero-order valence-corrected chi connectivity index (χ0v) is 13.0. The second-order valence-corrected chi connectivity index (χ2v) is 8.31. The van der Waals surface area contributed by atoms with E-state index in [1.807, 2.05) is 6.92 Å². The Balaban J connectivity index is 2.47. The normalized spacial score (nSPS) is 19.7. The summed E-state index contributed by atoms with van der Waals surface area (Å²) in [5.74, 6) is 1.44.